The average molecular weight is 284 g/mol. The first-order valence-corrected chi connectivity index (χ1v) is 8.24. The maximum absolute atomic E-state index is 12.4. The van der Waals surface area contributed by atoms with Crippen LogP contribution in [0.1, 0.15) is 31.7 Å². The molecule has 0 radical (unpaired) electrons. The minimum absolute atomic E-state index is 0.859. The zero-order valence-corrected chi connectivity index (χ0v) is 12.6. The van der Waals surface area contributed by atoms with Gasteiger partial charge < -0.3 is 0 Å². The Bertz CT molecular complexity index is 573. The Balaban J connectivity index is 2.27. The third-order valence-corrected chi connectivity index (χ3v) is 4.40. The van der Waals surface area contributed by atoms with Gasteiger partial charge in [-0.05, 0) is 36.1 Å². The van der Waals surface area contributed by atoms with Gasteiger partial charge in [-0.2, -0.15) is 0 Å². The standard InChI is InChI=1S/C18H20OS/c1-2-3-10-17(16-11-6-4-7-12-16)15-20(19)18-13-8-5-9-14-18/h4-9,11-15H,2-3,10H2,1H3/b17-15+. The Morgan fingerprint density at radius 3 is 2.20 bits per heavy atom. The van der Waals surface area contributed by atoms with Crippen LogP contribution in [-0.4, -0.2) is 4.21 Å². The highest BCUT2D eigenvalue weighted by Crippen LogP contribution is 2.23. The first-order valence-electron chi connectivity index (χ1n) is 7.03. The summed E-state index contributed by atoms with van der Waals surface area (Å²) in [7, 11) is -1.08. The highest BCUT2D eigenvalue weighted by Gasteiger charge is 2.05. The van der Waals surface area contributed by atoms with Crippen molar-refractivity contribution < 1.29 is 4.21 Å². The van der Waals surface area contributed by atoms with E-state index in [0.717, 1.165) is 24.2 Å². The van der Waals surface area contributed by atoms with Gasteiger partial charge in [-0.3, -0.25) is 0 Å². The fourth-order valence-electron chi connectivity index (χ4n) is 2.04. The molecule has 0 fully saturated rings. The smallest absolute Gasteiger partial charge is 0.0778 e. The van der Waals surface area contributed by atoms with E-state index in [9.17, 15) is 4.21 Å². The zero-order valence-electron chi connectivity index (χ0n) is 11.8. The van der Waals surface area contributed by atoms with E-state index in [1.807, 2.05) is 53.9 Å². The number of allylic oxidation sites excluding steroid dienone is 1. The van der Waals surface area contributed by atoms with Crippen LogP contribution in [0.15, 0.2) is 71.0 Å². The van der Waals surface area contributed by atoms with E-state index in [-0.39, 0.29) is 0 Å². The van der Waals surface area contributed by atoms with Crippen LogP contribution in [0.2, 0.25) is 0 Å². The molecule has 0 aliphatic carbocycles. The first kappa shape index (κ1) is 14.7. The summed E-state index contributed by atoms with van der Waals surface area (Å²) in [5.41, 5.74) is 2.35. The minimum atomic E-state index is -1.08. The molecular weight excluding hydrogens is 264 g/mol. The normalized spacial score (nSPS) is 13.2. The molecule has 2 aromatic carbocycles. The summed E-state index contributed by atoms with van der Waals surface area (Å²) in [4.78, 5) is 0.859. The molecule has 0 heterocycles. The van der Waals surface area contributed by atoms with Gasteiger partial charge in [-0.1, -0.05) is 61.9 Å². The summed E-state index contributed by atoms with van der Waals surface area (Å²) in [6.45, 7) is 2.18. The Morgan fingerprint density at radius 2 is 1.60 bits per heavy atom. The zero-order chi connectivity index (χ0) is 14.2. The number of unbranched alkanes of at least 4 members (excludes halogenated alkanes) is 1. The van der Waals surface area contributed by atoms with Crippen molar-refractivity contribution in [1.82, 2.24) is 0 Å². The van der Waals surface area contributed by atoms with Crippen LogP contribution in [0.5, 0.6) is 0 Å². The van der Waals surface area contributed by atoms with Gasteiger partial charge in [0.05, 0.1) is 10.8 Å². The number of benzene rings is 2. The van der Waals surface area contributed by atoms with Crippen molar-refractivity contribution >= 4 is 16.4 Å². The van der Waals surface area contributed by atoms with Crippen LogP contribution in [0.4, 0.5) is 0 Å². The van der Waals surface area contributed by atoms with E-state index in [1.54, 1.807) is 0 Å². The molecule has 0 bridgehead atoms. The van der Waals surface area contributed by atoms with E-state index in [1.165, 1.54) is 11.1 Å². The lowest BCUT2D eigenvalue weighted by molar-refractivity contribution is 0.688. The summed E-state index contributed by atoms with van der Waals surface area (Å²) in [6.07, 6.45) is 3.23. The lowest BCUT2D eigenvalue weighted by Crippen LogP contribution is -1.91. The second-order valence-corrected chi connectivity index (χ2v) is 6.03. The van der Waals surface area contributed by atoms with Gasteiger partial charge >= 0.3 is 0 Å². The van der Waals surface area contributed by atoms with Crippen LogP contribution in [0, 0.1) is 0 Å². The first-order chi connectivity index (χ1) is 9.81. The molecule has 104 valence electrons. The van der Waals surface area contributed by atoms with E-state index < -0.39 is 10.8 Å². The molecule has 0 saturated carbocycles. The molecule has 0 aliphatic rings. The monoisotopic (exact) mass is 284 g/mol. The van der Waals surface area contributed by atoms with Crippen LogP contribution in [0.3, 0.4) is 0 Å². The van der Waals surface area contributed by atoms with Gasteiger partial charge in [0.25, 0.3) is 0 Å². The molecule has 0 amide bonds. The molecule has 0 saturated heterocycles. The fraction of sp³-hybridized carbons (Fsp3) is 0.222. The highest BCUT2D eigenvalue weighted by atomic mass is 32.2. The molecule has 0 aromatic heterocycles. The van der Waals surface area contributed by atoms with Crippen LogP contribution in [0.25, 0.3) is 5.57 Å². The lowest BCUT2D eigenvalue weighted by Gasteiger charge is -2.07. The van der Waals surface area contributed by atoms with Gasteiger partial charge in [0, 0.05) is 10.3 Å². The maximum Gasteiger partial charge on any atom is 0.0778 e. The molecule has 1 nitrogen and oxygen atoms in total. The largest absolute Gasteiger partial charge is 0.250 e. The maximum atomic E-state index is 12.4. The molecular formula is C18H20OS. The third-order valence-electron chi connectivity index (χ3n) is 3.17. The average Bonchev–Trinajstić information content (AvgIpc) is 2.53. The SMILES string of the molecule is CCCC/C(=C\S(=O)c1ccccc1)c1ccccc1. The molecule has 20 heavy (non-hydrogen) atoms. The molecule has 1 unspecified atom stereocenters. The van der Waals surface area contributed by atoms with Crippen molar-refractivity contribution in [3.8, 4) is 0 Å². The topological polar surface area (TPSA) is 17.1 Å². The molecule has 0 N–H and O–H groups in total. The quantitative estimate of drug-likeness (QED) is 0.727. The summed E-state index contributed by atoms with van der Waals surface area (Å²) >= 11 is 0. The Kier molecular flexibility index (Phi) is 5.75. The van der Waals surface area contributed by atoms with E-state index in [4.69, 9.17) is 0 Å². The summed E-state index contributed by atoms with van der Waals surface area (Å²) < 4.78 is 12.4. The van der Waals surface area contributed by atoms with Crippen molar-refractivity contribution in [2.24, 2.45) is 0 Å². The highest BCUT2D eigenvalue weighted by molar-refractivity contribution is 7.88. The molecule has 2 heteroatoms. The minimum Gasteiger partial charge on any atom is -0.250 e. The van der Waals surface area contributed by atoms with E-state index in [0.29, 0.717) is 0 Å². The van der Waals surface area contributed by atoms with Crippen molar-refractivity contribution in [1.29, 1.82) is 0 Å². The second-order valence-electron chi connectivity index (χ2n) is 4.72. The van der Waals surface area contributed by atoms with Crippen molar-refractivity contribution in [2.45, 2.75) is 31.1 Å². The van der Waals surface area contributed by atoms with Crippen molar-refractivity contribution in [3.05, 3.63) is 71.6 Å². The van der Waals surface area contributed by atoms with Crippen molar-refractivity contribution in [2.75, 3.05) is 0 Å². The van der Waals surface area contributed by atoms with Gasteiger partial charge in [-0.25, -0.2) is 4.21 Å². The van der Waals surface area contributed by atoms with Crippen molar-refractivity contribution in [3.63, 3.8) is 0 Å². The molecule has 2 aromatic rings. The fourth-order valence-corrected chi connectivity index (χ4v) is 3.12. The second kappa shape index (κ2) is 7.81. The Morgan fingerprint density at radius 1 is 1.00 bits per heavy atom. The van der Waals surface area contributed by atoms with Gasteiger partial charge in [0.2, 0.25) is 0 Å². The molecule has 0 aliphatic heterocycles. The number of rotatable bonds is 6. The predicted molar refractivity (Wildman–Crippen MR) is 86.8 cm³/mol. The predicted octanol–water partition coefficient (Wildman–Crippen LogP) is 5.03. The van der Waals surface area contributed by atoms with Crippen LogP contribution >= 0.6 is 0 Å². The summed E-state index contributed by atoms with van der Waals surface area (Å²) in [5.74, 6) is 0. The van der Waals surface area contributed by atoms with Gasteiger partial charge in [-0.15, -0.1) is 0 Å². The number of hydrogen-bond donors (Lipinski definition) is 0. The molecule has 1 atom stereocenters. The lowest BCUT2D eigenvalue weighted by atomic mass is 10.0. The van der Waals surface area contributed by atoms with Gasteiger partial charge in [0.15, 0.2) is 0 Å². The number of hydrogen-bond acceptors (Lipinski definition) is 1. The summed E-state index contributed by atoms with van der Waals surface area (Å²) in [5, 5.41) is 1.90. The Hall–Kier alpha value is -1.67. The Labute approximate surface area is 123 Å². The van der Waals surface area contributed by atoms with E-state index >= 15 is 0 Å². The summed E-state index contributed by atoms with van der Waals surface area (Å²) in [6, 6.07) is 19.9. The van der Waals surface area contributed by atoms with E-state index in [2.05, 4.69) is 19.1 Å². The van der Waals surface area contributed by atoms with Crippen LogP contribution < -0.4 is 0 Å². The molecule has 0 spiro atoms. The van der Waals surface area contributed by atoms with Crippen LogP contribution in [-0.2, 0) is 10.8 Å². The third kappa shape index (κ3) is 4.17. The molecule has 2 rings (SSSR count). The van der Waals surface area contributed by atoms with Gasteiger partial charge in [0.1, 0.15) is 0 Å².